The van der Waals surface area contributed by atoms with Crippen LogP contribution in [0.25, 0.3) is 0 Å². The molecule has 21 heavy (non-hydrogen) atoms. The van der Waals surface area contributed by atoms with E-state index in [0.29, 0.717) is 18.7 Å². The van der Waals surface area contributed by atoms with Crippen molar-refractivity contribution in [3.63, 3.8) is 0 Å². The van der Waals surface area contributed by atoms with Crippen LogP contribution in [-0.4, -0.2) is 42.4 Å². The highest BCUT2D eigenvalue weighted by atomic mass is 19.1. The third-order valence-corrected chi connectivity index (χ3v) is 4.10. The zero-order chi connectivity index (χ0) is 15.1. The summed E-state index contributed by atoms with van der Waals surface area (Å²) in [5, 5.41) is 0. The quantitative estimate of drug-likeness (QED) is 0.851. The van der Waals surface area contributed by atoms with Crippen LogP contribution in [0.4, 0.5) is 4.39 Å². The third kappa shape index (κ3) is 5.12. The molecule has 3 nitrogen and oxygen atoms in total. The molecule has 116 valence electrons. The van der Waals surface area contributed by atoms with Crippen molar-refractivity contribution in [1.29, 1.82) is 0 Å². The maximum atomic E-state index is 13.6. The zero-order valence-corrected chi connectivity index (χ0v) is 12.9. The van der Waals surface area contributed by atoms with Crippen molar-refractivity contribution in [1.82, 2.24) is 9.80 Å². The summed E-state index contributed by atoms with van der Waals surface area (Å²) in [5.41, 5.74) is 0.570. The summed E-state index contributed by atoms with van der Waals surface area (Å²) in [6, 6.07) is 6.64. The van der Waals surface area contributed by atoms with Gasteiger partial charge in [0.05, 0.1) is 6.54 Å². The smallest absolute Gasteiger partial charge is 0.236 e. The van der Waals surface area contributed by atoms with E-state index in [1.54, 1.807) is 30.1 Å². The Bertz CT molecular complexity index is 456. The summed E-state index contributed by atoms with van der Waals surface area (Å²) in [5.74, 6) is -0.178. The van der Waals surface area contributed by atoms with Gasteiger partial charge in [0.25, 0.3) is 0 Å². The predicted molar refractivity (Wildman–Crippen MR) is 82.4 cm³/mol. The van der Waals surface area contributed by atoms with Crippen molar-refractivity contribution in [2.45, 2.75) is 38.6 Å². The second kappa shape index (κ2) is 8.13. The topological polar surface area (TPSA) is 23.6 Å². The monoisotopic (exact) mass is 292 g/mol. The summed E-state index contributed by atoms with van der Waals surface area (Å²) < 4.78 is 13.6. The van der Waals surface area contributed by atoms with Crippen molar-refractivity contribution in [2.75, 3.05) is 26.7 Å². The van der Waals surface area contributed by atoms with Crippen LogP contribution in [0.1, 0.15) is 37.7 Å². The van der Waals surface area contributed by atoms with Crippen molar-refractivity contribution in [3.05, 3.63) is 35.6 Å². The summed E-state index contributed by atoms with van der Waals surface area (Å²) in [6.45, 7) is 2.78. The van der Waals surface area contributed by atoms with Crippen LogP contribution in [0.3, 0.4) is 0 Å². The summed E-state index contributed by atoms with van der Waals surface area (Å²) in [7, 11) is 1.75. The van der Waals surface area contributed by atoms with Gasteiger partial charge in [0.15, 0.2) is 0 Å². The zero-order valence-electron chi connectivity index (χ0n) is 12.9. The van der Waals surface area contributed by atoms with Gasteiger partial charge >= 0.3 is 0 Å². The molecule has 0 saturated carbocycles. The Balaban J connectivity index is 1.85. The number of hydrogen-bond acceptors (Lipinski definition) is 2. The molecule has 0 N–H and O–H groups in total. The van der Waals surface area contributed by atoms with E-state index in [1.165, 1.54) is 38.2 Å². The molecule has 1 aromatic carbocycles. The lowest BCUT2D eigenvalue weighted by Crippen LogP contribution is -2.39. The maximum absolute atomic E-state index is 13.6. The normalized spacial score (nSPS) is 17.0. The minimum atomic E-state index is -0.247. The van der Waals surface area contributed by atoms with E-state index in [1.807, 2.05) is 0 Å². The first-order chi connectivity index (χ1) is 10.2. The Morgan fingerprint density at radius 1 is 1.14 bits per heavy atom. The number of hydrogen-bond donors (Lipinski definition) is 0. The molecule has 0 aliphatic carbocycles. The first-order valence-corrected chi connectivity index (χ1v) is 7.86. The molecule has 1 heterocycles. The molecule has 0 aromatic heterocycles. The molecule has 0 bridgehead atoms. The number of halogens is 1. The van der Waals surface area contributed by atoms with E-state index in [9.17, 15) is 9.18 Å². The second-order valence-electron chi connectivity index (χ2n) is 5.89. The minimum absolute atomic E-state index is 0.0684. The standard InChI is InChI=1S/C17H25FN2O/c1-19(13-15-9-5-6-10-16(15)18)17(21)14-20-11-7-3-2-4-8-12-20/h5-6,9-10H,2-4,7-8,11-14H2,1H3. The van der Waals surface area contributed by atoms with Gasteiger partial charge in [-0.1, -0.05) is 37.5 Å². The van der Waals surface area contributed by atoms with Gasteiger partial charge in [-0.05, 0) is 32.0 Å². The summed E-state index contributed by atoms with van der Waals surface area (Å²) in [4.78, 5) is 16.1. The average molecular weight is 292 g/mol. The van der Waals surface area contributed by atoms with Gasteiger partial charge in [0.2, 0.25) is 5.91 Å². The summed E-state index contributed by atoms with van der Waals surface area (Å²) >= 11 is 0. The fourth-order valence-electron chi connectivity index (χ4n) is 2.75. The lowest BCUT2D eigenvalue weighted by molar-refractivity contribution is -0.131. The van der Waals surface area contributed by atoms with E-state index in [2.05, 4.69) is 4.90 Å². The summed E-state index contributed by atoms with van der Waals surface area (Å²) in [6.07, 6.45) is 6.18. The lowest BCUT2D eigenvalue weighted by Gasteiger charge is -2.26. The highest BCUT2D eigenvalue weighted by Gasteiger charge is 2.16. The second-order valence-corrected chi connectivity index (χ2v) is 5.89. The molecule has 1 amide bonds. The number of rotatable bonds is 4. The number of nitrogens with zero attached hydrogens (tertiary/aromatic N) is 2. The highest BCUT2D eigenvalue weighted by molar-refractivity contribution is 5.78. The molecule has 1 aliphatic rings. The van der Waals surface area contributed by atoms with Crippen molar-refractivity contribution >= 4 is 5.91 Å². The largest absolute Gasteiger partial charge is 0.340 e. The number of likely N-dealkylation sites (tertiary alicyclic amines) is 1. The van der Waals surface area contributed by atoms with Gasteiger partial charge in [-0.25, -0.2) is 4.39 Å². The predicted octanol–water partition coefficient (Wildman–Crippen LogP) is 3.05. The number of benzene rings is 1. The van der Waals surface area contributed by atoms with Crippen LogP contribution >= 0.6 is 0 Å². The number of carbonyl (C=O) groups excluding carboxylic acids is 1. The van der Waals surface area contributed by atoms with E-state index < -0.39 is 0 Å². The number of amides is 1. The number of likely N-dealkylation sites (N-methyl/N-ethyl adjacent to an activating group) is 1. The van der Waals surface area contributed by atoms with E-state index in [0.717, 1.165) is 13.1 Å². The van der Waals surface area contributed by atoms with Gasteiger partial charge in [-0.15, -0.1) is 0 Å². The Morgan fingerprint density at radius 3 is 2.43 bits per heavy atom. The molecule has 0 unspecified atom stereocenters. The molecular formula is C17H25FN2O. The van der Waals surface area contributed by atoms with Gasteiger partial charge in [-0.2, -0.15) is 0 Å². The molecule has 0 radical (unpaired) electrons. The Kier molecular flexibility index (Phi) is 6.18. The molecule has 1 aromatic rings. The van der Waals surface area contributed by atoms with Crippen LogP contribution in [0.2, 0.25) is 0 Å². The van der Waals surface area contributed by atoms with Crippen molar-refractivity contribution < 1.29 is 9.18 Å². The molecule has 0 atom stereocenters. The first-order valence-electron chi connectivity index (χ1n) is 7.86. The molecule has 0 spiro atoms. The van der Waals surface area contributed by atoms with Crippen LogP contribution < -0.4 is 0 Å². The van der Waals surface area contributed by atoms with Gasteiger partial charge in [0, 0.05) is 19.2 Å². The molecule has 1 fully saturated rings. The van der Waals surface area contributed by atoms with E-state index in [-0.39, 0.29) is 11.7 Å². The molecular weight excluding hydrogens is 267 g/mol. The van der Waals surface area contributed by atoms with Crippen LogP contribution in [0, 0.1) is 5.82 Å². The van der Waals surface area contributed by atoms with E-state index >= 15 is 0 Å². The Morgan fingerprint density at radius 2 is 1.76 bits per heavy atom. The van der Waals surface area contributed by atoms with Gasteiger partial charge in [-0.3, -0.25) is 9.69 Å². The van der Waals surface area contributed by atoms with Crippen LogP contribution in [0.15, 0.2) is 24.3 Å². The lowest BCUT2D eigenvalue weighted by atomic mass is 10.1. The van der Waals surface area contributed by atoms with E-state index in [4.69, 9.17) is 0 Å². The molecule has 4 heteroatoms. The SMILES string of the molecule is CN(Cc1ccccc1F)C(=O)CN1CCCCCCC1. The van der Waals surface area contributed by atoms with Gasteiger partial charge in [0.1, 0.15) is 5.82 Å². The molecule has 1 aliphatic heterocycles. The minimum Gasteiger partial charge on any atom is -0.340 e. The first kappa shape index (κ1) is 16.0. The van der Waals surface area contributed by atoms with Crippen molar-refractivity contribution in [3.8, 4) is 0 Å². The number of carbonyl (C=O) groups is 1. The highest BCUT2D eigenvalue weighted by Crippen LogP contribution is 2.12. The van der Waals surface area contributed by atoms with Crippen molar-refractivity contribution in [2.24, 2.45) is 0 Å². The van der Waals surface area contributed by atoms with Gasteiger partial charge < -0.3 is 4.90 Å². The Labute approximate surface area is 126 Å². The average Bonchev–Trinajstić information content (AvgIpc) is 2.44. The fourth-order valence-corrected chi connectivity index (χ4v) is 2.75. The van der Waals surface area contributed by atoms with Crippen LogP contribution in [-0.2, 0) is 11.3 Å². The maximum Gasteiger partial charge on any atom is 0.236 e. The molecule has 1 saturated heterocycles. The van der Waals surface area contributed by atoms with Crippen LogP contribution in [0.5, 0.6) is 0 Å². The third-order valence-electron chi connectivity index (χ3n) is 4.10. The fraction of sp³-hybridized carbons (Fsp3) is 0.588. The molecule has 2 rings (SSSR count). The Hall–Kier alpha value is -1.42.